The van der Waals surface area contributed by atoms with E-state index >= 15 is 0 Å². The number of ether oxygens (including phenoxy) is 1. The normalized spacial score (nSPS) is 42.5. The van der Waals surface area contributed by atoms with Gasteiger partial charge in [0.25, 0.3) is 0 Å². The summed E-state index contributed by atoms with van der Waals surface area (Å²) in [5.74, 6) is -1.94. The van der Waals surface area contributed by atoms with E-state index in [1.807, 2.05) is 30.4 Å². The molecule has 5 aliphatic rings. The summed E-state index contributed by atoms with van der Waals surface area (Å²) in [4.78, 5) is 11.9. The molecule has 0 radical (unpaired) electrons. The molecule has 0 amide bonds. The van der Waals surface area contributed by atoms with Crippen LogP contribution in [0.25, 0.3) is 0 Å². The molecule has 6 nitrogen and oxygen atoms in total. The van der Waals surface area contributed by atoms with E-state index in [0.717, 1.165) is 0 Å². The molecule has 1 heterocycles. The fourth-order valence-electron chi connectivity index (χ4n) is 5.21. The largest absolute Gasteiger partial charge is 0.457 e. The zero-order valence-corrected chi connectivity index (χ0v) is 11.9. The predicted molar refractivity (Wildman–Crippen MR) is 73.0 cm³/mol. The van der Waals surface area contributed by atoms with Crippen LogP contribution in [0.3, 0.4) is 0 Å². The molecule has 1 saturated heterocycles. The van der Waals surface area contributed by atoms with Gasteiger partial charge >= 0.3 is 5.97 Å². The summed E-state index contributed by atoms with van der Waals surface area (Å²) >= 11 is 0. The first-order chi connectivity index (χ1) is 11.1. The van der Waals surface area contributed by atoms with Crippen LogP contribution in [0.15, 0.2) is 24.3 Å². The third-order valence-corrected chi connectivity index (χ3v) is 6.12. The monoisotopic (exact) mass is 302 g/mol. The van der Waals surface area contributed by atoms with Crippen LogP contribution in [0.2, 0.25) is 0 Å². The van der Waals surface area contributed by atoms with Gasteiger partial charge in [-0.3, -0.25) is 4.79 Å². The molecule has 5 atom stereocenters. The number of rotatable bonds is 0. The number of carbonyl (C=O) groups is 1. The summed E-state index contributed by atoms with van der Waals surface area (Å²) in [6.45, 7) is 0. The van der Waals surface area contributed by atoms with E-state index in [1.54, 1.807) is 18.2 Å². The number of allylic oxidation sites excluding steroid dienone is 3. The van der Waals surface area contributed by atoms with E-state index in [-0.39, 0.29) is 18.3 Å². The molecule has 2 fully saturated rings. The lowest BCUT2D eigenvalue weighted by molar-refractivity contribution is -0.140. The molecule has 1 saturated carbocycles. The number of carbonyl (C=O) groups excluding carboxylic acids is 1. The zero-order valence-electron chi connectivity index (χ0n) is 11.9. The number of nitriles is 4. The van der Waals surface area contributed by atoms with Gasteiger partial charge in [0.05, 0.1) is 30.7 Å². The van der Waals surface area contributed by atoms with Crippen molar-refractivity contribution < 1.29 is 9.53 Å². The van der Waals surface area contributed by atoms with Gasteiger partial charge in [0.2, 0.25) is 0 Å². The van der Waals surface area contributed by atoms with Gasteiger partial charge in [0.1, 0.15) is 6.10 Å². The van der Waals surface area contributed by atoms with Crippen LogP contribution in [0.1, 0.15) is 6.42 Å². The van der Waals surface area contributed by atoms with Crippen LogP contribution in [0.5, 0.6) is 0 Å². The average molecular weight is 302 g/mol. The van der Waals surface area contributed by atoms with Gasteiger partial charge in [0, 0.05) is 17.3 Å². The molecule has 4 aliphatic carbocycles. The molecule has 0 aromatic heterocycles. The fraction of sp³-hybridized carbons (Fsp3) is 0.471. The molecule has 5 rings (SSSR count). The highest BCUT2D eigenvalue weighted by molar-refractivity contribution is 5.75. The maximum atomic E-state index is 11.9. The Balaban J connectivity index is 2.05. The summed E-state index contributed by atoms with van der Waals surface area (Å²) in [6, 6.07) is 7.90. The van der Waals surface area contributed by atoms with Crippen molar-refractivity contribution in [3.05, 3.63) is 24.3 Å². The number of hydrogen-bond acceptors (Lipinski definition) is 6. The number of hydrogen-bond donors (Lipinski definition) is 0. The third-order valence-electron chi connectivity index (χ3n) is 6.12. The second kappa shape index (κ2) is 3.81. The van der Waals surface area contributed by atoms with Gasteiger partial charge in [-0.05, 0) is 12.0 Å². The first-order valence-corrected chi connectivity index (χ1v) is 7.27. The van der Waals surface area contributed by atoms with Crippen molar-refractivity contribution >= 4 is 5.97 Å². The standard InChI is InChI=1S/C17H10N4O2/c18-6-15(7-19)10-1-3-12(16(15,8-20)9-21)17-5-14(22)23-13(17)4-2-11(10)17/h1-4,10-13H,5H2/t10-,11-,12+,13+,17-/m0/s1. The van der Waals surface area contributed by atoms with Crippen molar-refractivity contribution in [3.8, 4) is 24.3 Å². The summed E-state index contributed by atoms with van der Waals surface area (Å²) in [5, 5.41) is 39.1. The molecular weight excluding hydrogens is 292 g/mol. The second-order valence-electron chi connectivity index (χ2n) is 6.56. The second-order valence-corrected chi connectivity index (χ2v) is 6.56. The number of fused-ring (bicyclic) bond motifs is 1. The first-order valence-electron chi connectivity index (χ1n) is 7.27. The predicted octanol–water partition coefficient (Wildman–Crippen LogP) is 1.36. The van der Waals surface area contributed by atoms with Gasteiger partial charge in [-0.15, -0.1) is 0 Å². The van der Waals surface area contributed by atoms with Crippen LogP contribution < -0.4 is 0 Å². The van der Waals surface area contributed by atoms with E-state index in [9.17, 15) is 25.8 Å². The minimum Gasteiger partial charge on any atom is -0.457 e. The molecule has 0 aromatic rings. The van der Waals surface area contributed by atoms with Crippen molar-refractivity contribution in [3.63, 3.8) is 0 Å². The van der Waals surface area contributed by atoms with Crippen molar-refractivity contribution in [2.45, 2.75) is 12.5 Å². The van der Waals surface area contributed by atoms with E-state index in [4.69, 9.17) is 4.74 Å². The lowest BCUT2D eigenvalue weighted by Crippen LogP contribution is -2.65. The van der Waals surface area contributed by atoms with Crippen molar-refractivity contribution in [2.75, 3.05) is 0 Å². The van der Waals surface area contributed by atoms with Crippen LogP contribution in [-0.4, -0.2) is 12.1 Å². The van der Waals surface area contributed by atoms with Gasteiger partial charge in [0.15, 0.2) is 10.8 Å². The SMILES string of the molecule is N#CC1(C#N)[C@H]2C=C[C@@H]([C@@H]3C=C[C@H]4OC(=O)C[C@]243)C1(C#N)C#N. The van der Waals surface area contributed by atoms with Gasteiger partial charge < -0.3 is 4.74 Å². The molecule has 0 N–H and O–H groups in total. The Labute approximate surface area is 132 Å². The van der Waals surface area contributed by atoms with Gasteiger partial charge in [-0.1, -0.05) is 18.2 Å². The maximum Gasteiger partial charge on any atom is 0.307 e. The van der Waals surface area contributed by atoms with E-state index in [2.05, 4.69) is 0 Å². The van der Waals surface area contributed by atoms with Gasteiger partial charge in [-0.25, -0.2) is 0 Å². The molecular formula is C17H10N4O2. The summed E-state index contributed by atoms with van der Waals surface area (Å²) < 4.78 is 5.37. The van der Waals surface area contributed by atoms with Crippen molar-refractivity contribution in [1.29, 1.82) is 21.0 Å². The molecule has 110 valence electrons. The zero-order chi connectivity index (χ0) is 16.5. The Bertz CT molecular complexity index is 831. The number of nitrogens with zero attached hydrogens (tertiary/aromatic N) is 4. The molecule has 2 bridgehead atoms. The van der Waals surface area contributed by atoms with Crippen molar-refractivity contribution in [1.82, 2.24) is 0 Å². The Morgan fingerprint density at radius 2 is 1.52 bits per heavy atom. The Morgan fingerprint density at radius 3 is 2.13 bits per heavy atom. The molecule has 1 aliphatic heterocycles. The summed E-state index contributed by atoms with van der Waals surface area (Å²) in [5.41, 5.74) is -4.31. The Kier molecular flexibility index (Phi) is 2.25. The molecule has 0 aromatic carbocycles. The molecule has 0 unspecified atom stereocenters. The minimum absolute atomic E-state index is 0.0961. The lowest BCUT2D eigenvalue weighted by Gasteiger charge is -2.59. The topological polar surface area (TPSA) is 121 Å². The highest BCUT2D eigenvalue weighted by Gasteiger charge is 2.79. The maximum absolute atomic E-state index is 11.9. The Morgan fingerprint density at radius 1 is 0.913 bits per heavy atom. The lowest BCUT2D eigenvalue weighted by atomic mass is 9.37. The van der Waals surface area contributed by atoms with Crippen LogP contribution in [0, 0.1) is 79.3 Å². The van der Waals surface area contributed by atoms with Crippen LogP contribution in [-0.2, 0) is 9.53 Å². The van der Waals surface area contributed by atoms with E-state index in [0.29, 0.717) is 0 Å². The van der Waals surface area contributed by atoms with E-state index < -0.39 is 34.2 Å². The summed E-state index contributed by atoms with van der Waals surface area (Å²) in [7, 11) is 0. The van der Waals surface area contributed by atoms with Gasteiger partial charge in [-0.2, -0.15) is 21.0 Å². The first kappa shape index (κ1) is 13.6. The molecule has 1 spiro atoms. The van der Waals surface area contributed by atoms with E-state index in [1.165, 1.54) is 0 Å². The third kappa shape index (κ3) is 1.08. The quantitative estimate of drug-likeness (QED) is 0.492. The highest BCUT2D eigenvalue weighted by atomic mass is 16.6. The molecule has 6 heteroatoms. The van der Waals surface area contributed by atoms with Crippen LogP contribution in [0.4, 0.5) is 0 Å². The minimum atomic E-state index is -1.81. The summed E-state index contributed by atoms with van der Waals surface area (Å²) in [6.07, 6.45) is 6.73. The average Bonchev–Trinajstić information content (AvgIpc) is 3.08. The van der Waals surface area contributed by atoms with Crippen LogP contribution >= 0.6 is 0 Å². The van der Waals surface area contributed by atoms with Crippen molar-refractivity contribution in [2.24, 2.45) is 34.0 Å². The highest BCUT2D eigenvalue weighted by Crippen LogP contribution is 2.73. The number of esters is 1. The fourth-order valence-corrected chi connectivity index (χ4v) is 5.21. The molecule has 23 heavy (non-hydrogen) atoms. The smallest absolute Gasteiger partial charge is 0.307 e. The Hall–Kier alpha value is -3.09.